The monoisotopic (exact) mass is 519 g/mol. The molecule has 1 aliphatic heterocycles. The number of nitrogens with zero attached hydrogens (tertiary/aromatic N) is 5. The molecule has 0 saturated carbocycles. The van der Waals surface area contributed by atoms with Crippen molar-refractivity contribution in [2.75, 3.05) is 51.8 Å². The van der Waals surface area contributed by atoms with E-state index in [2.05, 4.69) is 27.9 Å². The van der Waals surface area contributed by atoms with Gasteiger partial charge in [-0.1, -0.05) is 37.3 Å². The van der Waals surface area contributed by atoms with Gasteiger partial charge in [-0.15, -0.1) is 0 Å². The van der Waals surface area contributed by atoms with Gasteiger partial charge in [0.05, 0.1) is 32.1 Å². The van der Waals surface area contributed by atoms with E-state index in [-0.39, 0.29) is 24.9 Å². The minimum Gasteiger partial charge on any atom is -0.495 e. The number of anilines is 1. The van der Waals surface area contributed by atoms with E-state index >= 15 is 0 Å². The second-order valence-electron chi connectivity index (χ2n) is 9.36. The number of nitrogens with one attached hydrogen (secondary N) is 2. The van der Waals surface area contributed by atoms with Gasteiger partial charge in [0.25, 0.3) is 5.91 Å². The predicted octanol–water partition coefficient (Wildman–Crippen LogP) is 2.02. The van der Waals surface area contributed by atoms with E-state index in [1.807, 2.05) is 55.5 Å². The highest BCUT2D eigenvalue weighted by Crippen LogP contribution is 2.33. The van der Waals surface area contributed by atoms with E-state index in [0.717, 1.165) is 17.7 Å². The molecule has 38 heavy (non-hydrogen) atoms. The number of aromatic nitrogens is 2. The Labute approximate surface area is 224 Å². The second-order valence-corrected chi connectivity index (χ2v) is 9.36. The molecule has 2 N–H and O–H groups in total. The van der Waals surface area contributed by atoms with Crippen LogP contribution in [-0.2, 0) is 29.7 Å². The number of ether oxygens (including phenoxy) is 1. The number of rotatable bonds is 12. The van der Waals surface area contributed by atoms with E-state index in [1.54, 1.807) is 34.9 Å². The Morgan fingerprint density at radius 1 is 1.05 bits per heavy atom. The summed E-state index contributed by atoms with van der Waals surface area (Å²) in [7, 11) is 5.24. The van der Waals surface area contributed by atoms with Crippen LogP contribution >= 0.6 is 0 Å². The van der Waals surface area contributed by atoms with Gasteiger partial charge in [0.2, 0.25) is 5.91 Å². The van der Waals surface area contributed by atoms with E-state index < -0.39 is 0 Å². The number of hydrogen-bond acceptors (Lipinski definition) is 7. The number of hydrazine groups is 1. The Hall–Kier alpha value is -3.89. The molecule has 2 aromatic carbocycles. The summed E-state index contributed by atoms with van der Waals surface area (Å²) in [6.07, 6.45) is 3.71. The van der Waals surface area contributed by atoms with Crippen molar-refractivity contribution in [3.05, 3.63) is 66.0 Å². The van der Waals surface area contributed by atoms with Crippen molar-refractivity contribution < 1.29 is 14.3 Å². The first-order chi connectivity index (χ1) is 18.4. The van der Waals surface area contributed by atoms with Crippen molar-refractivity contribution in [1.29, 1.82) is 0 Å². The SMILES string of the molecule is CCNCCNC(=O)CN(CC(=O)N(C)N1Cc2ccccc2C1)c1cc(-c2cnn(C)c2)ccc1OC. The van der Waals surface area contributed by atoms with Crippen LogP contribution in [0.1, 0.15) is 18.1 Å². The fourth-order valence-electron chi connectivity index (χ4n) is 4.56. The third-order valence-electron chi connectivity index (χ3n) is 6.70. The molecule has 10 heteroatoms. The summed E-state index contributed by atoms with van der Waals surface area (Å²) in [5.41, 5.74) is 4.96. The van der Waals surface area contributed by atoms with Gasteiger partial charge < -0.3 is 20.3 Å². The Balaban J connectivity index is 1.56. The molecule has 1 aromatic heterocycles. The molecule has 2 amide bonds. The first-order valence-corrected chi connectivity index (χ1v) is 12.9. The lowest BCUT2D eigenvalue weighted by molar-refractivity contribution is -0.145. The van der Waals surface area contributed by atoms with Crippen LogP contribution in [0.5, 0.6) is 5.75 Å². The molecule has 0 spiro atoms. The van der Waals surface area contributed by atoms with Gasteiger partial charge in [-0.3, -0.25) is 19.3 Å². The molecule has 202 valence electrons. The summed E-state index contributed by atoms with van der Waals surface area (Å²) in [5, 5.41) is 14.1. The van der Waals surface area contributed by atoms with Gasteiger partial charge >= 0.3 is 0 Å². The first kappa shape index (κ1) is 27.2. The van der Waals surface area contributed by atoms with Crippen LogP contribution in [0.15, 0.2) is 54.9 Å². The van der Waals surface area contributed by atoms with Gasteiger partial charge in [-0.05, 0) is 35.4 Å². The number of likely N-dealkylation sites (N-methyl/N-ethyl adjacent to an activating group) is 2. The van der Waals surface area contributed by atoms with Gasteiger partial charge in [-0.25, -0.2) is 5.01 Å². The lowest BCUT2D eigenvalue weighted by atomic mass is 10.1. The average molecular weight is 520 g/mol. The third-order valence-corrected chi connectivity index (χ3v) is 6.70. The smallest absolute Gasteiger partial charge is 0.256 e. The highest BCUT2D eigenvalue weighted by atomic mass is 16.5. The van der Waals surface area contributed by atoms with Crippen molar-refractivity contribution in [3.8, 4) is 16.9 Å². The van der Waals surface area contributed by atoms with Crippen LogP contribution in [0.4, 0.5) is 5.69 Å². The Bertz CT molecular complexity index is 1230. The van der Waals surface area contributed by atoms with Gasteiger partial charge in [0.1, 0.15) is 5.75 Å². The molecule has 3 aromatic rings. The zero-order chi connectivity index (χ0) is 27.1. The Morgan fingerprint density at radius 2 is 1.79 bits per heavy atom. The number of carbonyl (C=O) groups excluding carboxylic acids is 2. The zero-order valence-electron chi connectivity index (χ0n) is 22.6. The molecule has 10 nitrogen and oxygen atoms in total. The van der Waals surface area contributed by atoms with Crippen molar-refractivity contribution in [2.24, 2.45) is 7.05 Å². The minimum absolute atomic E-state index is 0.0107. The van der Waals surface area contributed by atoms with Crippen LogP contribution in [-0.4, -0.2) is 78.5 Å². The quantitative estimate of drug-likeness (QED) is 0.354. The molecule has 0 atom stereocenters. The van der Waals surface area contributed by atoms with Crippen LogP contribution in [0.2, 0.25) is 0 Å². The van der Waals surface area contributed by atoms with E-state index in [0.29, 0.717) is 37.6 Å². The maximum Gasteiger partial charge on any atom is 0.256 e. The molecule has 0 radical (unpaired) electrons. The molecule has 0 saturated heterocycles. The number of methoxy groups -OCH3 is 1. The summed E-state index contributed by atoms with van der Waals surface area (Å²) in [4.78, 5) is 28.3. The number of fused-ring (bicyclic) bond motifs is 1. The minimum atomic E-state index is -0.166. The molecule has 0 bridgehead atoms. The molecule has 2 heterocycles. The molecule has 0 aliphatic carbocycles. The topological polar surface area (TPSA) is 95.0 Å². The summed E-state index contributed by atoms with van der Waals surface area (Å²) in [5.74, 6) is 0.301. The highest BCUT2D eigenvalue weighted by Gasteiger charge is 2.27. The molecular formula is C28H37N7O3. The second kappa shape index (κ2) is 12.6. The van der Waals surface area contributed by atoms with E-state index in [4.69, 9.17) is 4.74 Å². The van der Waals surface area contributed by atoms with Crippen molar-refractivity contribution in [3.63, 3.8) is 0 Å². The number of hydrogen-bond donors (Lipinski definition) is 2. The zero-order valence-corrected chi connectivity index (χ0v) is 22.6. The lowest BCUT2D eigenvalue weighted by Gasteiger charge is -2.32. The summed E-state index contributed by atoms with van der Waals surface area (Å²) >= 11 is 0. The molecule has 0 fully saturated rings. The largest absolute Gasteiger partial charge is 0.495 e. The normalized spacial score (nSPS) is 12.7. The Kier molecular flexibility index (Phi) is 8.98. The number of amides is 2. The van der Waals surface area contributed by atoms with Crippen molar-refractivity contribution in [2.45, 2.75) is 20.0 Å². The van der Waals surface area contributed by atoms with E-state index in [9.17, 15) is 9.59 Å². The summed E-state index contributed by atoms with van der Waals surface area (Å²) in [6, 6.07) is 14.0. The number of aryl methyl sites for hydroxylation is 1. The third kappa shape index (κ3) is 6.51. The molecular weight excluding hydrogens is 482 g/mol. The van der Waals surface area contributed by atoms with Gasteiger partial charge in [-0.2, -0.15) is 5.10 Å². The fourth-order valence-corrected chi connectivity index (χ4v) is 4.56. The fraction of sp³-hybridized carbons (Fsp3) is 0.393. The van der Waals surface area contributed by atoms with Crippen LogP contribution in [0.3, 0.4) is 0 Å². The van der Waals surface area contributed by atoms with Crippen LogP contribution < -0.4 is 20.3 Å². The number of benzene rings is 2. The van der Waals surface area contributed by atoms with Crippen LogP contribution in [0.25, 0.3) is 11.1 Å². The predicted molar refractivity (Wildman–Crippen MR) is 147 cm³/mol. The van der Waals surface area contributed by atoms with Gasteiger partial charge in [0.15, 0.2) is 0 Å². The Morgan fingerprint density at radius 3 is 2.42 bits per heavy atom. The van der Waals surface area contributed by atoms with E-state index in [1.165, 1.54) is 11.1 Å². The van der Waals surface area contributed by atoms with Crippen molar-refractivity contribution in [1.82, 2.24) is 30.4 Å². The summed E-state index contributed by atoms with van der Waals surface area (Å²) in [6.45, 7) is 5.40. The average Bonchev–Trinajstić information content (AvgIpc) is 3.56. The first-order valence-electron chi connectivity index (χ1n) is 12.9. The van der Waals surface area contributed by atoms with Crippen LogP contribution in [0, 0.1) is 0 Å². The molecule has 4 rings (SSSR count). The molecule has 0 unspecified atom stereocenters. The standard InChI is InChI=1S/C28H37N7O3/c1-5-29-12-13-30-27(36)19-34(20-28(37)33(3)35-17-22-8-6-7-9-23(22)18-35)25-14-21(10-11-26(25)38-4)24-15-31-32(2)16-24/h6-11,14-16,29H,5,12-13,17-20H2,1-4H3,(H,30,36). The van der Waals surface area contributed by atoms with Gasteiger partial charge in [0, 0.05) is 52.0 Å². The number of carbonyl (C=O) groups is 2. The maximum absolute atomic E-state index is 13.6. The molecule has 1 aliphatic rings. The maximum atomic E-state index is 13.6. The summed E-state index contributed by atoms with van der Waals surface area (Å²) < 4.78 is 7.40. The lowest BCUT2D eigenvalue weighted by Crippen LogP contribution is -2.48. The van der Waals surface area contributed by atoms with Crippen molar-refractivity contribution >= 4 is 17.5 Å². The highest BCUT2D eigenvalue weighted by molar-refractivity contribution is 5.88.